The molecule has 0 bridgehead atoms. The summed E-state index contributed by atoms with van der Waals surface area (Å²) in [4.78, 5) is 15.7. The van der Waals surface area contributed by atoms with Crippen molar-refractivity contribution in [1.82, 2.24) is 4.98 Å². The lowest BCUT2D eigenvalue weighted by Crippen LogP contribution is -2.14. The zero-order chi connectivity index (χ0) is 13.0. The van der Waals surface area contributed by atoms with Gasteiger partial charge in [0.2, 0.25) is 5.91 Å². The number of rotatable bonds is 4. The Kier molecular flexibility index (Phi) is 3.77. The van der Waals surface area contributed by atoms with Gasteiger partial charge in [0, 0.05) is 5.69 Å². The van der Waals surface area contributed by atoms with Crippen LogP contribution in [0.15, 0.2) is 35.1 Å². The van der Waals surface area contributed by atoms with Crippen LogP contribution in [0.3, 0.4) is 0 Å². The van der Waals surface area contributed by atoms with Crippen LogP contribution in [0.5, 0.6) is 0 Å². The lowest BCUT2D eigenvalue weighted by molar-refractivity contribution is -0.115. The highest BCUT2D eigenvalue weighted by Gasteiger charge is 2.09. The van der Waals surface area contributed by atoms with Crippen LogP contribution >= 0.6 is 0 Å². The molecule has 94 valence electrons. The molecule has 0 atom stereocenters. The van der Waals surface area contributed by atoms with E-state index >= 15 is 0 Å². The number of nitrogens with zero attached hydrogens (tertiary/aromatic N) is 1. The molecule has 0 aliphatic rings. The van der Waals surface area contributed by atoms with E-state index in [4.69, 9.17) is 4.42 Å². The first-order valence-corrected chi connectivity index (χ1v) is 5.96. The van der Waals surface area contributed by atoms with Gasteiger partial charge in [-0.2, -0.15) is 0 Å². The quantitative estimate of drug-likeness (QED) is 0.899. The normalized spacial score (nSPS) is 10.3. The fourth-order valence-corrected chi connectivity index (χ4v) is 1.67. The van der Waals surface area contributed by atoms with E-state index in [2.05, 4.69) is 17.2 Å². The summed E-state index contributed by atoms with van der Waals surface area (Å²) >= 11 is 0. The van der Waals surface area contributed by atoms with E-state index in [0.717, 1.165) is 17.8 Å². The van der Waals surface area contributed by atoms with Gasteiger partial charge in [0.25, 0.3) is 0 Å². The second-order valence-corrected chi connectivity index (χ2v) is 4.14. The predicted octanol–water partition coefficient (Wildman–Crippen LogP) is 2.73. The molecule has 1 N–H and O–H groups in total. The zero-order valence-electron chi connectivity index (χ0n) is 10.6. The first kappa shape index (κ1) is 12.4. The highest BCUT2D eigenvalue weighted by atomic mass is 16.3. The van der Waals surface area contributed by atoms with Crippen molar-refractivity contribution in [3.8, 4) is 0 Å². The first-order valence-electron chi connectivity index (χ1n) is 5.96. The smallest absolute Gasteiger partial charge is 0.232 e. The number of aromatic nitrogens is 1. The average Bonchev–Trinajstić information content (AvgIpc) is 2.76. The Morgan fingerprint density at radius 2 is 2.06 bits per heavy atom. The van der Waals surface area contributed by atoms with Gasteiger partial charge < -0.3 is 9.73 Å². The SMILES string of the molecule is CCc1ccc(NC(=O)Cc2ocnc2C)cc1. The van der Waals surface area contributed by atoms with E-state index in [1.54, 1.807) is 0 Å². The van der Waals surface area contributed by atoms with Crippen molar-refractivity contribution in [3.05, 3.63) is 47.7 Å². The van der Waals surface area contributed by atoms with Crippen LogP contribution in [-0.2, 0) is 17.6 Å². The third-order valence-electron chi connectivity index (χ3n) is 2.81. The Morgan fingerprint density at radius 3 is 2.61 bits per heavy atom. The second-order valence-electron chi connectivity index (χ2n) is 4.14. The molecular weight excluding hydrogens is 228 g/mol. The van der Waals surface area contributed by atoms with Crippen LogP contribution in [0.4, 0.5) is 5.69 Å². The predicted molar refractivity (Wildman–Crippen MR) is 69.4 cm³/mol. The number of nitrogens with one attached hydrogen (secondary N) is 1. The Labute approximate surface area is 106 Å². The van der Waals surface area contributed by atoms with E-state index in [9.17, 15) is 4.79 Å². The molecule has 18 heavy (non-hydrogen) atoms. The Morgan fingerprint density at radius 1 is 1.33 bits per heavy atom. The molecule has 0 radical (unpaired) electrons. The summed E-state index contributed by atoms with van der Waals surface area (Å²) in [5.41, 5.74) is 2.81. The van der Waals surface area contributed by atoms with Gasteiger partial charge in [0.05, 0.1) is 12.1 Å². The number of amides is 1. The van der Waals surface area contributed by atoms with E-state index in [1.165, 1.54) is 12.0 Å². The summed E-state index contributed by atoms with van der Waals surface area (Å²) in [5.74, 6) is 0.511. The van der Waals surface area contributed by atoms with Crippen LogP contribution < -0.4 is 5.32 Å². The molecule has 1 aromatic heterocycles. The van der Waals surface area contributed by atoms with Gasteiger partial charge in [-0.05, 0) is 31.0 Å². The van der Waals surface area contributed by atoms with Gasteiger partial charge in [-0.1, -0.05) is 19.1 Å². The number of hydrogen-bond donors (Lipinski definition) is 1. The lowest BCUT2D eigenvalue weighted by Gasteiger charge is -2.05. The molecule has 0 spiro atoms. The number of oxazole rings is 1. The Balaban J connectivity index is 1.96. The second kappa shape index (κ2) is 5.49. The minimum atomic E-state index is -0.0981. The molecule has 0 saturated heterocycles. The minimum Gasteiger partial charge on any atom is -0.448 e. The van der Waals surface area contributed by atoms with Crippen LogP contribution in [0.2, 0.25) is 0 Å². The van der Waals surface area contributed by atoms with Crippen molar-refractivity contribution >= 4 is 11.6 Å². The fraction of sp³-hybridized carbons (Fsp3) is 0.286. The number of anilines is 1. The molecule has 0 aliphatic carbocycles. The van der Waals surface area contributed by atoms with Crippen molar-refractivity contribution in [2.45, 2.75) is 26.7 Å². The summed E-state index contributed by atoms with van der Waals surface area (Å²) in [6.45, 7) is 3.92. The number of aryl methyl sites for hydroxylation is 2. The molecule has 0 fully saturated rings. The molecule has 0 aliphatic heterocycles. The van der Waals surface area contributed by atoms with Crippen molar-refractivity contribution in [3.63, 3.8) is 0 Å². The van der Waals surface area contributed by atoms with E-state index in [-0.39, 0.29) is 12.3 Å². The maximum atomic E-state index is 11.8. The van der Waals surface area contributed by atoms with Crippen molar-refractivity contribution in [2.24, 2.45) is 0 Å². The highest BCUT2D eigenvalue weighted by molar-refractivity contribution is 5.92. The van der Waals surface area contributed by atoms with Crippen LogP contribution in [0.25, 0.3) is 0 Å². The molecule has 4 nitrogen and oxygen atoms in total. The van der Waals surface area contributed by atoms with E-state index < -0.39 is 0 Å². The van der Waals surface area contributed by atoms with Crippen LogP contribution in [-0.4, -0.2) is 10.9 Å². The van der Waals surface area contributed by atoms with Gasteiger partial charge >= 0.3 is 0 Å². The average molecular weight is 244 g/mol. The van der Waals surface area contributed by atoms with Crippen molar-refractivity contribution in [1.29, 1.82) is 0 Å². The third-order valence-corrected chi connectivity index (χ3v) is 2.81. The number of carbonyl (C=O) groups is 1. The van der Waals surface area contributed by atoms with Gasteiger partial charge in [0.1, 0.15) is 5.76 Å². The first-order chi connectivity index (χ1) is 8.69. The largest absolute Gasteiger partial charge is 0.448 e. The van der Waals surface area contributed by atoms with Gasteiger partial charge in [-0.15, -0.1) is 0 Å². The van der Waals surface area contributed by atoms with Gasteiger partial charge in [-0.25, -0.2) is 4.98 Å². The molecule has 4 heteroatoms. The summed E-state index contributed by atoms with van der Waals surface area (Å²) in [7, 11) is 0. The summed E-state index contributed by atoms with van der Waals surface area (Å²) in [6, 6.07) is 7.83. The number of benzene rings is 1. The molecule has 0 unspecified atom stereocenters. The molecule has 1 heterocycles. The minimum absolute atomic E-state index is 0.0981. The highest BCUT2D eigenvalue weighted by Crippen LogP contribution is 2.11. The number of hydrogen-bond acceptors (Lipinski definition) is 3. The van der Waals surface area contributed by atoms with Gasteiger partial charge in [0.15, 0.2) is 6.39 Å². The standard InChI is InChI=1S/C14H16N2O2/c1-3-11-4-6-12(7-5-11)16-14(17)8-13-10(2)15-9-18-13/h4-7,9H,3,8H2,1-2H3,(H,16,17). The maximum absolute atomic E-state index is 11.8. The summed E-state index contributed by atoms with van der Waals surface area (Å²) in [5, 5.41) is 2.83. The summed E-state index contributed by atoms with van der Waals surface area (Å²) < 4.78 is 5.14. The molecule has 1 aromatic carbocycles. The molecule has 2 rings (SSSR count). The molecule has 0 saturated carbocycles. The maximum Gasteiger partial charge on any atom is 0.232 e. The Hall–Kier alpha value is -2.10. The van der Waals surface area contributed by atoms with Crippen molar-refractivity contribution in [2.75, 3.05) is 5.32 Å². The van der Waals surface area contributed by atoms with Crippen molar-refractivity contribution < 1.29 is 9.21 Å². The summed E-state index contributed by atoms with van der Waals surface area (Å²) in [6.07, 6.45) is 2.56. The van der Waals surface area contributed by atoms with Gasteiger partial charge in [-0.3, -0.25) is 4.79 Å². The molecular formula is C14H16N2O2. The Bertz CT molecular complexity index is 529. The van der Waals surface area contributed by atoms with Crippen LogP contribution in [0, 0.1) is 6.92 Å². The third kappa shape index (κ3) is 2.97. The lowest BCUT2D eigenvalue weighted by atomic mass is 10.1. The zero-order valence-corrected chi connectivity index (χ0v) is 10.6. The topological polar surface area (TPSA) is 55.1 Å². The number of carbonyl (C=O) groups excluding carboxylic acids is 1. The van der Waals surface area contributed by atoms with E-state index in [0.29, 0.717) is 5.76 Å². The molecule has 1 amide bonds. The monoisotopic (exact) mass is 244 g/mol. The molecule has 2 aromatic rings. The van der Waals surface area contributed by atoms with E-state index in [1.807, 2.05) is 31.2 Å². The fourth-order valence-electron chi connectivity index (χ4n) is 1.67. The van der Waals surface area contributed by atoms with Crippen LogP contribution in [0.1, 0.15) is 23.9 Å².